The summed E-state index contributed by atoms with van der Waals surface area (Å²) in [6, 6.07) is 8.77. The number of nitrogens with zero attached hydrogens (tertiary/aromatic N) is 2. The topological polar surface area (TPSA) is 91.4 Å². The van der Waals surface area contributed by atoms with Crippen molar-refractivity contribution in [3.05, 3.63) is 36.5 Å². The van der Waals surface area contributed by atoms with Gasteiger partial charge in [-0.1, -0.05) is 45.4 Å². The van der Waals surface area contributed by atoms with Gasteiger partial charge in [-0.3, -0.25) is 19.5 Å². The summed E-state index contributed by atoms with van der Waals surface area (Å²) >= 11 is 0. The van der Waals surface area contributed by atoms with Crippen molar-refractivity contribution in [3.8, 4) is 0 Å². The zero-order valence-electron chi connectivity index (χ0n) is 18.4. The van der Waals surface area contributed by atoms with Gasteiger partial charge in [-0.25, -0.2) is 4.79 Å². The number of hydrogen-bond acceptors (Lipinski definition) is 4. The molecule has 7 nitrogen and oxygen atoms in total. The molecule has 0 bridgehead atoms. The number of urea groups is 1. The van der Waals surface area contributed by atoms with Gasteiger partial charge in [0.15, 0.2) is 0 Å². The van der Waals surface area contributed by atoms with Crippen LogP contribution in [0.1, 0.15) is 52.9 Å². The van der Waals surface area contributed by atoms with Crippen molar-refractivity contribution in [1.29, 1.82) is 0 Å². The molecule has 1 aromatic heterocycles. The Bertz CT molecular complexity index is 1020. The van der Waals surface area contributed by atoms with Gasteiger partial charge in [-0.05, 0) is 49.1 Å². The third-order valence-corrected chi connectivity index (χ3v) is 7.31. The molecule has 2 heterocycles. The number of carbonyl (C=O) groups excluding carboxylic acids is 3. The lowest BCUT2D eigenvalue weighted by atomic mass is 9.65. The van der Waals surface area contributed by atoms with Gasteiger partial charge < -0.3 is 10.6 Å². The molecule has 1 aliphatic carbocycles. The molecular weight excluding hydrogens is 392 g/mol. The average Bonchev–Trinajstić information content (AvgIpc) is 2.98. The molecule has 1 aromatic carbocycles. The Labute approximate surface area is 182 Å². The standard InChI is InChI=1S/C24H30N4O3/c1-4-23(2,3)17-10-12-24(13-11-17)21(30)28(22(31)27-24)15-19(29)26-18-9-5-7-16-8-6-14-25-20(16)18/h5-9,14,17H,4,10-13,15H2,1-3H3,(H,26,29)(H,27,31). The third-order valence-electron chi connectivity index (χ3n) is 7.31. The Hall–Kier alpha value is -2.96. The third kappa shape index (κ3) is 3.89. The SMILES string of the molecule is CCC(C)(C)C1CCC2(CC1)NC(=O)N(CC(=O)Nc1cccc3cccnc13)C2=O. The van der Waals surface area contributed by atoms with Gasteiger partial charge in [0.05, 0.1) is 11.2 Å². The smallest absolute Gasteiger partial charge is 0.323 e. The maximum Gasteiger partial charge on any atom is 0.325 e. The first kappa shape index (κ1) is 21.3. The Morgan fingerprint density at radius 3 is 2.65 bits per heavy atom. The highest BCUT2D eigenvalue weighted by atomic mass is 16.2. The zero-order chi connectivity index (χ0) is 22.2. The predicted octanol–water partition coefficient (Wildman–Crippen LogP) is 4.09. The number of aromatic nitrogens is 1. The molecule has 1 aliphatic heterocycles. The second-order valence-corrected chi connectivity index (χ2v) is 9.45. The van der Waals surface area contributed by atoms with Crippen molar-refractivity contribution < 1.29 is 14.4 Å². The summed E-state index contributed by atoms with van der Waals surface area (Å²) in [5.74, 6) is -0.167. The van der Waals surface area contributed by atoms with E-state index in [0.29, 0.717) is 30.0 Å². The molecule has 4 rings (SSSR count). The minimum absolute atomic E-state index is 0.222. The normalized spacial score (nSPS) is 24.0. The highest BCUT2D eigenvalue weighted by Crippen LogP contribution is 2.45. The molecule has 7 heteroatoms. The summed E-state index contributed by atoms with van der Waals surface area (Å²) in [4.78, 5) is 43.8. The van der Waals surface area contributed by atoms with Gasteiger partial charge in [0.1, 0.15) is 12.1 Å². The number of hydrogen-bond donors (Lipinski definition) is 2. The monoisotopic (exact) mass is 422 g/mol. The van der Waals surface area contributed by atoms with Crippen molar-refractivity contribution in [2.45, 2.75) is 58.4 Å². The summed E-state index contributed by atoms with van der Waals surface area (Å²) in [5.41, 5.74) is 0.592. The van der Waals surface area contributed by atoms with E-state index in [9.17, 15) is 14.4 Å². The second kappa shape index (κ2) is 7.94. The molecule has 1 saturated heterocycles. The zero-order valence-corrected chi connectivity index (χ0v) is 18.4. The Morgan fingerprint density at radius 2 is 1.94 bits per heavy atom. The fourth-order valence-electron chi connectivity index (χ4n) is 4.88. The van der Waals surface area contributed by atoms with Gasteiger partial charge in [-0.2, -0.15) is 0 Å². The molecule has 0 atom stereocenters. The Balaban J connectivity index is 1.43. The van der Waals surface area contributed by atoms with Crippen molar-refractivity contribution in [2.24, 2.45) is 11.3 Å². The van der Waals surface area contributed by atoms with Gasteiger partial charge in [0.25, 0.3) is 5.91 Å². The average molecular weight is 423 g/mol. The van der Waals surface area contributed by atoms with Crippen molar-refractivity contribution in [3.63, 3.8) is 0 Å². The first-order chi connectivity index (χ1) is 14.8. The van der Waals surface area contributed by atoms with Crippen LogP contribution in [0.5, 0.6) is 0 Å². The number of imide groups is 1. The molecule has 2 aliphatic rings. The summed E-state index contributed by atoms with van der Waals surface area (Å²) in [5, 5.41) is 6.61. The van der Waals surface area contributed by atoms with Gasteiger partial charge in [0.2, 0.25) is 5.91 Å². The van der Waals surface area contributed by atoms with Gasteiger partial charge in [-0.15, -0.1) is 0 Å². The van der Waals surface area contributed by atoms with E-state index in [0.717, 1.165) is 29.5 Å². The maximum atomic E-state index is 13.2. The van der Waals surface area contributed by atoms with Crippen molar-refractivity contribution >= 4 is 34.4 Å². The van der Waals surface area contributed by atoms with Crippen LogP contribution >= 0.6 is 0 Å². The highest BCUT2D eigenvalue weighted by Gasteiger charge is 2.53. The van der Waals surface area contributed by atoms with Crippen LogP contribution in [-0.2, 0) is 9.59 Å². The van der Waals surface area contributed by atoms with Crippen LogP contribution in [-0.4, -0.2) is 39.8 Å². The highest BCUT2D eigenvalue weighted by molar-refractivity contribution is 6.11. The number of benzene rings is 1. The van der Waals surface area contributed by atoms with E-state index < -0.39 is 17.5 Å². The van der Waals surface area contributed by atoms with Gasteiger partial charge >= 0.3 is 6.03 Å². The maximum absolute atomic E-state index is 13.2. The number of carbonyl (C=O) groups is 3. The van der Waals surface area contributed by atoms with Crippen molar-refractivity contribution in [1.82, 2.24) is 15.2 Å². The van der Waals surface area contributed by atoms with E-state index in [1.54, 1.807) is 12.3 Å². The Morgan fingerprint density at radius 1 is 1.23 bits per heavy atom. The molecule has 2 aromatic rings. The molecule has 31 heavy (non-hydrogen) atoms. The molecule has 1 spiro atoms. The van der Waals surface area contributed by atoms with E-state index >= 15 is 0 Å². The van der Waals surface area contributed by atoms with E-state index in [1.165, 1.54) is 0 Å². The van der Waals surface area contributed by atoms with Crippen LogP contribution in [0.4, 0.5) is 10.5 Å². The molecule has 2 fully saturated rings. The Kier molecular flexibility index (Phi) is 5.45. The lowest BCUT2D eigenvalue weighted by molar-refractivity contribution is -0.135. The van der Waals surface area contributed by atoms with Crippen LogP contribution in [0.2, 0.25) is 0 Å². The van der Waals surface area contributed by atoms with E-state index in [2.05, 4.69) is 36.4 Å². The molecule has 0 unspecified atom stereocenters. The number of nitrogens with one attached hydrogen (secondary N) is 2. The van der Waals surface area contributed by atoms with Crippen LogP contribution in [0, 0.1) is 11.3 Å². The number of anilines is 1. The fourth-order valence-corrected chi connectivity index (χ4v) is 4.88. The van der Waals surface area contributed by atoms with Crippen LogP contribution < -0.4 is 10.6 Å². The second-order valence-electron chi connectivity index (χ2n) is 9.45. The van der Waals surface area contributed by atoms with E-state index in [-0.39, 0.29) is 17.9 Å². The largest absolute Gasteiger partial charge is 0.325 e. The molecular formula is C24H30N4O3. The molecule has 164 valence electrons. The molecule has 1 saturated carbocycles. The number of para-hydroxylation sites is 1. The summed E-state index contributed by atoms with van der Waals surface area (Å²) in [6.07, 6.45) is 5.78. The van der Waals surface area contributed by atoms with Gasteiger partial charge in [0, 0.05) is 11.6 Å². The quantitative estimate of drug-likeness (QED) is 0.710. The lowest BCUT2D eigenvalue weighted by Crippen LogP contribution is -2.51. The van der Waals surface area contributed by atoms with Crippen molar-refractivity contribution in [2.75, 3.05) is 11.9 Å². The number of rotatable bonds is 5. The minimum atomic E-state index is -0.862. The number of pyridine rings is 1. The van der Waals surface area contributed by atoms with Crippen LogP contribution in [0.3, 0.4) is 0 Å². The number of amides is 4. The predicted molar refractivity (Wildman–Crippen MR) is 119 cm³/mol. The minimum Gasteiger partial charge on any atom is -0.323 e. The van der Waals surface area contributed by atoms with Crippen LogP contribution in [0.25, 0.3) is 10.9 Å². The van der Waals surface area contributed by atoms with E-state index in [4.69, 9.17) is 0 Å². The lowest BCUT2D eigenvalue weighted by Gasteiger charge is -2.42. The summed E-state index contributed by atoms with van der Waals surface area (Å²) in [7, 11) is 0. The summed E-state index contributed by atoms with van der Waals surface area (Å²) in [6.45, 7) is 6.42. The number of fused-ring (bicyclic) bond motifs is 1. The first-order valence-corrected chi connectivity index (χ1v) is 11.0. The molecule has 0 radical (unpaired) electrons. The fraction of sp³-hybridized carbons (Fsp3) is 0.500. The first-order valence-electron chi connectivity index (χ1n) is 11.0. The molecule has 2 N–H and O–H groups in total. The van der Waals surface area contributed by atoms with Crippen LogP contribution in [0.15, 0.2) is 36.5 Å². The van der Waals surface area contributed by atoms with E-state index in [1.807, 2.05) is 24.3 Å². The summed E-state index contributed by atoms with van der Waals surface area (Å²) < 4.78 is 0. The molecule has 4 amide bonds.